The number of methoxy groups -OCH3 is 1. The molecule has 1 aromatic rings. The maximum Gasteiger partial charge on any atom is 0.238 e. The van der Waals surface area contributed by atoms with Gasteiger partial charge in [-0.3, -0.25) is 0 Å². The highest BCUT2D eigenvalue weighted by Gasteiger charge is 2.26. The second kappa shape index (κ2) is 5.38. The summed E-state index contributed by atoms with van der Waals surface area (Å²) >= 11 is 0. The zero-order chi connectivity index (χ0) is 13.2. The maximum atomic E-state index is 11.6. The molecule has 0 bridgehead atoms. The Balaban J connectivity index is 2.25. The summed E-state index contributed by atoms with van der Waals surface area (Å²) in [6.45, 7) is 0. The van der Waals surface area contributed by atoms with Gasteiger partial charge in [0.2, 0.25) is 10.0 Å². The summed E-state index contributed by atoms with van der Waals surface area (Å²) in [5, 5.41) is 5.27. The normalized spacial score (nSPS) is 25.0. The van der Waals surface area contributed by atoms with Crippen LogP contribution in [0.5, 0.6) is 0 Å². The fourth-order valence-electron chi connectivity index (χ4n) is 2.69. The molecule has 0 spiro atoms. The van der Waals surface area contributed by atoms with E-state index in [0.717, 1.165) is 31.2 Å². The van der Waals surface area contributed by atoms with E-state index >= 15 is 0 Å². The number of benzene rings is 1. The van der Waals surface area contributed by atoms with E-state index in [1.807, 2.05) is 12.1 Å². The summed E-state index contributed by atoms with van der Waals surface area (Å²) in [5.74, 6) is 0.269. The van der Waals surface area contributed by atoms with Gasteiger partial charge < -0.3 is 4.74 Å². The first-order chi connectivity index (χ1) is 8.52. The van der Waals surface area contributed by atoms with Crippen molar-refractivity contribution in [1.82, 2.24) is 0 Å². The standard InChI is InChI=1S/C13H19NO3S/c1-17-11-8-6-10(7-9-11)12-4-2-3-5-13(12)18(14,15)16/h2-5,10-11H,6-9H2,1H3,(H2,14,15,16). The predicted octanol–water partition coefficient (Wildman–Crippen LogP) is 2.01. The lowest BCUT2D eigenvalue weighted by Gasteiger charge is -2.28. The van der Waals surface area contributed by atoms with Crippen LogP contribution in [0.25, 0.3) is 0 Å². The van der Waals surface area contributed by atoms with Gasteiger partial charge in [0.1, 0.15) is 0 Å². The predicted molar refractivity (Wildman–Crippen MR) is 69.8 cm³/mol. The minimum absolute atomic E-state index is 0.269. The van der Waals surface area contributed by atoms with E-state index in [1.165, 1.54) is 0 Å². The van der Waals surface area contributed by atoms with Crippen LogP contribution in [0.15, 0.2) is 29.2 Å². The zero-order valence-electron chi connectivity index (χ0n) is 10.5. The average molecular weight is 269 g/mol. The summed E-state index contributed by atoms with van der Waals surface area (Å²) in [6.07, 6.45) is 4.15. The Labute approximate surface area is 108 Å². The van der Waals surface area contributed by atoms with E-state index in [0.29, 0.717) is 6.10 Å². The van der Waals surface area contributed by atoms with E-state index in [2.05, 4.69) is 0 Å². The van der Waals surface area contributed by atoms with E-state index in [9.17, 15) is 8.42 Å². The van der Waals surface area contributed by atoms with Crippen molar-refractivity contribution in [2.24, 2.45) is 5.14 Å². The first-order valence-corrected chi connectivity index (χ1v) is 7.71. The van der Waals surface area contributed by atoms with Crippen molar-refractivity contribution in [3.8, 4) is 0 Å². The summed E-state index contributed by atoms with van der Waals surface area (Å²) in [6, 6.07) is 7.04. The van der Waals surface area contributed by atoms with Gasteiger partial charge in [0.25, 0.3) is 0 Å². The summed E-state index contributed by atoms with van der Waals surface area (Å²) < 4.78 is 28.5. The van der Waals surface area contributed by atoms with Crippen LogP contribution in [0.2, 0.25) is 0 Å². The van der Waals surface area contributed by atoms with Crippen LogP contribution in [0.1, 0.15) is 37.2 Å². The lowest BCUT2D eigenvalue weighted by Crippen LogP contribution is -2.22. The fraction of sp³-hybridized carbons (Fsp3) is 0.538. The molecule has 2 N–H and O–H groups in total. The number of primary sulfonamides is 1. The third-order valence-corrected chi connectivity index (χ3v) is 4.66. The third kappa shape index (κ3) is 2.91. The van der Waals surface area contributed by atoms with Crippen LogP contribution in [-0.2, 0) is 14.8 Å². The molecule has 0 aromatic heterocycles. The molecule has 18 heavy (non-hydrogen) atoms. The van der Waals surface area contributed by atoms with Crippen LogP contribution in [0.3, 0.4) is 0 Å². The first-order valence-electron chi connectivity index (χ1n) is 6.17. The molecule has 2 rings (SSSR count). The molecule has 1 saturated carbocycles. The Bertz CT molecular complexity index is 505. The Morgan fingerprint density at radius 3 is 2.33 bits per heavy atom. The molecule has 5 heteroatoms. The van der Waals surface area contributed by atoms with Gasteiger partial charge in [-0.1, -0.05) is 18.2 Å². The van der Waals surface area contributed by atoms with Gasteiger partial charge in [-0.2, -0.15) is 0 Å². The van der Waals surface area contributed by atoms with E-state index < -0.39 is 10.0 Å². The molecular weight excluding hydrogens is 250 g/mol. The first kappa shape index (κ1) is 13.5. The smallest absolute Gasteiger partial charge is 0.238 e. The van der Waals surface area contributed by atoms with Crippen molar-refractivity contribution in [2.75, 3.05) is 7.11 Å². The van der Waals surface area contributed by atoms with Gasteiger partial charge in [0, 0.05) is 7.11 Å². The number of hydrogen-bond donors (Lipinski definition) is 1. The van der Waals surface area contributed by atoms with Gasteiger partial charge in [-0.15, -0.1) is 0 Å². The van der Waals surface area contributed by atoms with Crippen LogP contribution in [0, 0.1) is 0 Å². The maximum absolute atomic E-state index is 11.6. The van der Waals surface area contributed by atoms with Crippen molar-refractivity contribution in [3.05, 3.63) is 29.8 Å². The Morgan fingerprint density at radius 1 is 1.17 bits per heavy atom. The minimum Gasteiger partial charge on any atom is -0.381 e. The Hall–Kier alpha value is -0.910. The molecular formula is C13H19NO3S. The molecule has 1 fully saturated rings. The van der Waals surface area contributed by atoms with Crippen molar-refractivity contribution in [1.29, 1.82) is 0 Å². The number of nitrogens with two attached hydrogens (primary N) is 1. The lowest BCUT2D eigenvalue weighted by atomic mass is 9.83. The minimum atomic E-state index is -3.63. The molecule has 4 nitrogen and oxygen atoms in total. The van der Waals surface area contributed by atoms with E-state index in [4.69, 9.17) is 9.88 Å². The number of ether oxygens (including phenoxy) is 1. The van der Waals surface area contributed by atoms with Crippen molar-refractivity contribution < 1.29 is 13.2 Å². The van der Waals surface area contributed by atoms with Crippen LogP contribution >= 0.6 is 0 Å². The van der Waals surface area contributed by atoms with Crippen molar-refractivity contribution >= 4 is 10.0 Å². The van der Waals surface area contributed by atoms with Crippen LogP contribution in [0.4, 0.5) is 0 Å². The number of sulfonamides is 1. The molecule has 0 aliphatic heterocycles. The highest BCUT2D eigenvalue weighted by atomic mass is 32.2. The highest BCUT2D eigenvalue weighted by Crippen LogP contribution is 2.36. The molecule has 0 atom stereocenters. The van der Waals surface area contributed by atoms with Gasteiger partial charge in [0.05, 0.1) is 11.0 Å². The average Bonchev–Trinajstić information content (AvgIpc) is 2.38. The second-order valence-electron chi connectivity index (χ2n) is 4.79. The monoisotopic (exact) mass is 269 g/mol. The van der Waals surface area contributed by atoms with E-state index in [-0.39, 0.29) is 10.8 Å². The topological polar surface area (TPSA) is 69.4 Å². The summed E-state index contributed by atoms with van der Waals surface area (Å²) in [5.41, 5.74) is 0.856. The molecule has 0 heterocycles. The largest absolute Gasteiger partial charge is 0.381 e. The second-order valence-corrected chi connectivity index (χ2v) is 6.32. The summed E-state index contributed by atoms with van der Waals surface area (Å²) in [4.78, 5) is 0.269. The SMILES string of the molecule is COC1CCC(c2ccccc2S(N)(=O)=O)CC1. The van der Waals surface area contributed by atoms with Crippen LogP contribution < -0.4 is 5.14 Å². The van der Waals surface area contributed by atoms with Gasteiger partial charge in [-0.05, 0) is 43.2 Å². The molecule has 1 aliphatic rings. The highest BCUT2D eigenvalue weighted by molar-refractivity contribution is 7.89. The Kier molecular flexibility index (Phi) is 4.04. The van der Waals surface area contributed by atoms with Gasteiger partial charge in [-0.25, -0.2) is 13.6 Å². The molecule has 1 aromatic carbocycles. The Morgan fingerprint density at radius 2 is 1.78 bits per heavy atom. The molecule has 0 radical (unpaired) electrons. The molecule has 0 saturated heterocycles. The van der Waals surface area contributed by atoms with Crippen molar-refractivity contribution in [3.63, 3.8) is 0 Å². The zero-order valence-corrected chi connectivity index (χ0v) is 11.3. The lowest BCUT2D eigenvalue weighted by molar-refractivity contribution is 0.0656. The number of rotatable bonds is 3. The molecule has 100 valence electrons. The molecule has 0 unspecified atom stereocenters. The number of hydrogen-bond acceptors (Lipinski definition) is 3. The third-order valence-electron chi connectivity index (χ3n) is 3.67. The quantitative estimate of drug-likeness (QED) is 0.912. The van der Waals surface area contributed by atoms with Gasteiger partial charge >= 0.3 is 0 Å². The summed E-state index contributed by atoms with van der Waals surface area (Å²) in [7, 11) is -1.91. The van der Waals surface area contributed by atoms with Crippen molar-refractivity contribution in [2.45, 2.75) is 42.6 Å². The van der Waals surface area contributed by atoms with E-state index in [1.54, 1.807) is 19.2 Å². The van der Waals surface area contributed by atoms with Crippen LogP contribution in [-0.4, -0.2) is 21.6 Å². The fourth-order valence-corrected chi connectivity index (χ4v) is 3.52. The molecule has 0 amide bonds. The molecule has 1 aliphatic carbocycles. The van der Waals surface area contributed by atoms with Gasteiger partial charge in [0.15, 0.2) is 0 Å².